The lowest BCUT2D eigenvalue weighted by Crippen LogP contribution is -2.43. The average Bonchev–Trinajstić information content (AvgIpc) is 2.36. The summed E-state index contributed by atoms with van der Waals surface area (Å²) in [6, 6.07) is 10.7. The van der Waals surface area contributed by atoms with Gasteiger partial charge in [-0.15, -0.1) is 0 Å². The lowest BCUT2D eigenvalue weighted by molar-refractivity contribution is 0.204. The van der Waals surface area contributed by atoms with Gasteiger partial charge in [-0.3, -0.25) is 4.90 Å². The van der Waals surface area contributed by atoms with Crippen LogP contribution in [0, 0.1) is 11.3 Å². The minimum Gasteiger partial charge on any atom is -0.295 e. The molecule has 2 unspecified atom stereocenters. The molecule has 2 nitrogen and oxygen atoms in total. The van der Waals surface area contributed by atoms with Crippen LogP contribution in [-0.2, 0) is 6.54 Å². The molecule has 0 spiro atoms. The van der Waals surface area contributed by atoms with Crippen LogP contribution in [0.15, 0.2) is 24.3 Å². The number of thioether (sulfide) groups is 1. The Morgan fingerprint density at radius 1 is 1.35 bits per heavy atom. The van der Waals surface area contributed by atoms with Crippen LogP contribution in [0.1, 0.15) is 25.0 Å². The highest BCUT2D eigenvalue weighted by Crippen LogP contribution is 2.25. The molecular weight excluding hydrogens is 228 g/mol. The molecular formula is C14H18N2S. The first-order chi connectivity index (χ1) is 8.20. The summed E-state index contributed by atoms with van der Waals surface area (Å²) in [7, 11) is 0. The Balaban J connectivity index is 2.02. The number of rotatable bonds is 2. The highest BCUT2D eigenvalue weighted by molar-refractivity contribution is 8.00. The summed E-state index contributed by atoms with van der Waals surface area (Å²) in [5.41, 5.74) is 2.04. The first-order valence-electron chi connectivity index (χ1n) is 6.05. The van der Waals surface area contributed by atoms with E-state index in [4.69, 9.17) is 5.26 Å². The van der Waals surface area contributed by atoms with Crippen LogP contribution >= 0.6 is 11.8 Å². The molecule has 0 amide bonds. The Bertz CT molecular complexity index is 407. The zero-order chi connectivity index (χ0) is 12.3. The Morgan fingerprint density at radius 3 is 2.71 bits per heavy atom. The highest BCUT2D eigenvalue weighted by atomic mass is 32.2. The third-order valence-corrected chi connectivity index (χ3v) is 4.82. The van der Waals surface area contributed by atoms with E-state index in [9.17, 15) is 0 Å². The van der Waals surface area contributed by atoms with Crippen LogP contribution in [0.4, 0.5) is 0 Å². The number of benzene rings is 1. The lowest BCUT2D eigenvalue weighted by Gasteiger charge is -2.37. The van der Waals surface area contributed by atoms with E-state index in [-0.39, 0.29) is 0 Å². The van der Waals surface area contributed by atoms with Crippen molar-refractivity contribution in [3.05, 3.63) is 35.4 Å². The summed E-state index contributed by atoms with van der Waals surface area (Å²) in [6.45, 7) is 6.77. The van der Waals surface area contributed by atoms with E-state index in [0.29, 0.717) is 11.3 Å². The lowest BCUT2D eigenvalue weighted by atomic mass is 10.1. The van der Waals surface area contributed by atoms with Crippen molar-refractivity contribution in [1.29, 1.82) is 5.26 Å². The minimum atomic E-state index is 0.629. The largest absolute Gasteiger partial charge is 0.295 e. The molecule has 2 atom stereocenters. The van der Waals surface area contributed by atoms with Gasteiger partial charge in [0.2, 0.25) is 0 Å². The molecule has 17 heavy (non-hydrogen) atoms. The molecule has 2 rings (SSSR count). The number of hydrogen-bond acceptors (Lipinski definition) is 3. The van der Waals surface area contributed by atoms with Crippen molar-refractivity contribution in [2.45, 2.75) is 31.7 Å². The zero-order valence-electron chi connectivity index (χ0n) is 10.4. The smallest absolute Gasteiger partial charge is 0.0991 e. The van der Waals surface area contributed by atoms with Gasteiger partial charge in [-0.25, -0.2) is 0 Å². The fraction of sp³-hybridized carbons (Fsp3) is 0.500. The van der Waals surface area contributed by atoms with Crippen molar-refractivity contribution in [3.8, 4) is 6.07 Å². The van der Waals surface area contributed by atoms with Gasteiger partial charge in [0.25, 0.3) is 0 Å². The van der Waals surface area contributed by atoms with Gasteiger partial charge >= 0.3 is 0 Å². The maximum atomic E-state index is 8.76. The van der Waals surface area contributed by atoms with Crippen LogP contribution in [0.25, 0.3) is 0 Å². The molecule has 90 valence electrons. The van der Waals surface area contributed by atoms with Gasteiger partial charge in [-0.05, 0) is 24.6 Å². The average molecular weight is 246 g/mol. The van der Waals surface area contributed by atoms with E-state index in [0.717, 1.165) is 18.7 Å². The van der Waals surface area contributed by atoms with Gasteiger partial charge in [0, 0.05) is 30.1 Å². The zero-order valence-corrected chi connectivity index (χ0v) is 11.2. The van der Waals surface area contributed by atoms with Crippen LogP contribution < -0.4 is 0 Å². The summed E-state index contributed by atoms with van der Waals surface area (Å²) >= 11 is 2.06. The molecule has 0 bridgehead atoms. The Kier molecular flexibility index (Phi) is 4.09. The SMILES string of the molecule is CC1SCCN(Cc2ccc(C#N)cc2)C1C. The first kappa shape index (κ1) is 12.5. The van der Waals surface area contributed by atoms with E-state index in [2.05, 4.69) is 48.7 Å². The fourth-order valence-electron chi connectivity index (χ4n) is 2.14. The second kappa shape index (κ2) is 5.57. The summed E-state index contributed by atoms with van der Waals surface area (Å²) in [5.74, 6) is 1.22. The first-order valence-corrected chi connectivity index (χ1v) is 7.10. The summed E-state index contributed by atoms with van der Waals surface area (Å²) < 4.78 is 0. The Labute approximate surface area is 108 Å². The molecule has 1 aromatic carbocycles. The van der Waals surface area contributed by atoms with Gasteiger partial charge in [-0.1, -0.05) is 19.1 Å². The summed E-state index contributed by atoms with van der Waals surface area (Å²) in [4.78, 5) is 2.53. The molecule has 0 N–H and O–H groups in total. The van der Waals surface area contributed by atoms with Crippen molar-refractivity contribution < 1.29 is 0 Å². The monoisotopic (exact) mass is 246 g/mol. The maximum Gasteiger partial charge on any atom is 0.0991 e. The molecule has 1 aliphatic heterocycles. The molecule has 0 aromatic heterocycles. The second-order valence-corrected chi connectivity index (χ2v) is 6.08. The third kappa shape index (κ3) is 3.02. The quantitative estimate of drug-likeness (QED) is 0.803. The molecule has 1 aliphatic rings. The predicted octanol–water partition coefficient (Wildman–Crippen LogP) is 2.88. The molecule has 1 heterocycles. The van der Waals surface area contributed by atoms with Crippen molar-refractivity contribution in [3.63, 3.8) is 0 Å². The predicted molar refractivity (Wildman–Crippen MR) is 72.9 cm³/mol. The number of hydrogen-bond donors (Lipinski definition) is 0. The van der Waals surface area contributed by atoms with Crippen molar-refractivity contribution in [2.24, 2.45) is 0 Å². The van der Waals surface area contributed by atoms with Gasteiger partial charge < -0.3 is 0 Å². The van der Waals surface area contributed by atoms with Gasteiger partial charge in [0.15, 0.2) is 0 Å². The van der Waals surface area contributed by atoms with Crippen LogP contribution in [0.5, 0.6) is 0 Å². The van der Waals surface area contributed by atoms with Gasteiger partial charge in [0.05, 0.1) is 11.6 Å². The Hall–Kier alpha value is -0.980. The second-order valence-electron chi connectivity index (χ2n) is 4.60. The molecule has 1 saturated heterocycles. The highest BCUT2D eigenvalue weighted by Gasteiger charge is 2.24. The van der Waals surface area contributed by atoms with Crippen molar-refractivity contribution >= 4 is 11.8 Å². The topological polar surface area (TPSA) is 27.0 Å². The molecule has 1 aromatic rings. The van der Waals surface area contributed by atoms with Gasteiger partial charge in [0.1, 0.15) is 0 Å². The van der Waals surface area contributed by atoms with E-state index in [1.165, 1.54) is 11.3 Å². The normalized spacial score (nSPS) is 25.5. The summed E-state index contributed by atoms with van der Waals surface area (Å²) in [5, 5.41) is 9.47. The van der Waals surface area contributed by atoms with Crippen LogP contribution in [0.3, 0.4) is 0 Å². The van der Waals surface area contributed by atoms with Crippen molar-refractivity contribution in [1.82, 2.24) is 4.90 Å². The number of nitriles is 1. The maximum absolute atomic E-state index is 8.76. The van der Waals surface area contributed by atoms with Crippen LogP contribution in [-0.4, -0.2) is 28.5 Å². The summed E-state index contributed by atoms with van der Waals surface area (Å²) in [6.07, 6.45) is 0. The fourth-order valence-corrected chi connectivity index (χ4v) is 3.30. The van der Waals surface area contributed by atoms with E-state index in [1.54, 1.807) is 0 Å². The minimum absolute atomic E-state index is 0.629. The van der Waals surface area contributed by atoms with E-state index >= 15 is 0 Å². The Morgan fingerprint density at radius 2 is 2.06 bits per heavy atom. The molecule has 1 fully saturated rings. The molecule has 3 heteroatoms. The van der Waals surface area contributed by atoms with Crippen LogP contribution in [0.2, 0.25) is 0 Å². The molecule has 0 saturated carbocycles. The molecule has 0 radical (unpaired) electrons. The molecule has 0 aliphatic carbocycles. The third-order valence-electron chi connectivity index (χ3n) is 3.48. The van der Waals surface area contributed by atoms with Crippen molar-refractivity contribution in [2.75, 3.05) is 12.3 Å². The number of nitrogens with zero attached hydrogens (tertiary/aromatic N) is 2. The van der Waals surface area contributed by atoms with E-state index in [1.807, 2.05) is 12.1 Å². The standard InChI is InChI=1S/C14H18N2S/c1-11-12(2)17-8-7-16(11)10-14-5-3-13(9-15)4-6-14/h3-6,11-12H,7-8,10H2,1-2H3. The van der Waals surface area contributed by atoms with E-state index < -0.39 is 0 Å². The van der Waals surface area contributed by atoms with Gasteiger partial charge in [-0.2, -0.15) is 17.0 Å².